The van der Waals surface area contributed by atoms with Gasteiger partial charge in [0, 0.05) is 22.8 Å². The number of hydrogen-bond donors (Lipinski definition) is 3. The van der Waals surface area contributed by atoms with Gasteiger partial charge in [0.2, 0.25) is 0 Å². The van der Waals surface area contributed by atoms with Gasteiger partial charge in [-0.3, -0.25) is 9.59 Å². The lowest BCUT2D eigenvalue weighted by Crippen LogP contribution is -2.79. The average molecular weight is 603 g/mol. The Morgan fingerprint density at radius 2 is 1.23 bits per heavy atom. The molecular formula is C36H46N2O6. The Kier molecular flexibility index (Phi) is 18.6. The number of phenols is 1. The monoisotopic (exact) mass is 602 g/mol. The first-order valence-corrected chi connectivity index (χ1v) is 14.6. The molecule has 0 saturated carbocycles. The summed E-state index contributed by atoms with van der Waals surface area (Å²) in [5.41, 5.74) is 1.50. The van der Waals surface area contributed by atoms with Crippen molar-refractivity contribution in [3.05, 3.63) is 119 Å². The minimum absolute atomic E-state index is 0.0711. The number of phenolic OH excluding ortho intramolecular Hbond substituents is 1. The molecule has 8 nitrogen and oxygen atoms in total. The Hall–Kier alpha value is -4.66. The summed E-state index contributed by atoms with van der Waals surface area (Å²) in [6.07, 6.45) is 2.52. The summed E-state index contributed by atoms with van der Waals surface area (Å²) in [4.78, 5) is 24.1. The van der Waals surface area contributed by atoms with E-state index >= 15 is 0 Å². The number of nitrogens with two attached hydrogens (primary N) is 1. The van der Waals surface area contributed by atoms with Crippen LogP contribution in [0, 0.1) is 0 Å². The van der Waals surface area contributed by atoms with Crippen molar-refractivity contribution in [2.24, 2.45) is 0 Å². The van der Waals surface area contributed by atoms with Gasteiger partial charge in [-0.25, -0.2) is 0 Å². The molecule has 0 aliphatic carbocycles. The normalized spacial score (nSPS) is 9.59. The third-order valence-corrected chi connectivity index (χ3v) is 6.03. The van der Waals surface area contributed by atoms with Crippen molar-refractivity contribution in [2.75, 3.05) is 41.4 Å². The third kappa shape index (κ3) is 13.1. The molecule has 44 heavy (non-hydrogen) atoms. The van der Waals surface area contributed by atoms with Crippen LogP contribution in [0.4, 0.5) is 0 Å². The molecule has 4 N–H and O–H groups in total. The molecule has 0 aliphatic rings. The lowest BCUT2D eigenvalue weighted by Gasteiger charge is -2.13. The van der Waals surface area contributed by atoms with Crippen molar-refractivity contribution >= 4 is 11.6 Å². The summed E-state index contributed by atoms with van der Waals surface area (Å²) < 4.78 is 9.89. The number of rotatable bonds is 10. The lowest BCUT2D eigenvalue weighted by molar-refractivity contribution is -0.626. The molecule has 0 spiro atoms. The highest BCUT2D eigenvalue weighted by Gasteiger charge is 2.13. The highest BCUT2D eigenvalue weighted by molar-refractivity contribution is 6.11. The standard InChI is InChI=1S/2C14H12O3.2C4H11N/c2*1-17-11-7-8-12(13(15)9-11)14(16)10-5-3-2-4-6-10;2*1-3-4-5-2/h2*2-9,15H,1H3;2*5H,3-4H2,1-2H3. The van der Waals surface area contributed by atoms with E-state index in [-0.39, 0.29) is 34.2 Å². The lowest BCUT2D eigenvalue weighted by atomic mass is 10.0. The summed E-state index contributed by atoms with van der Waals surface area (Å²) in [6.45, 7) is 6.73. The van der Waals surface area contributed by atoms with E-state index in [0.29, 0.717) is 22.6 Å². The van der Waals surface area contributed by atoms with Crippen molar-refractivity contribution in [3.8, 4) is 23.0 Å². The van der Waals surface area contributed by atoms with Gasteiger partial charge in [-0.05, 0) is 56.8 Å². The Morgan fingerprint density at radius 3 is 1.57 bits per heavy atom. The Labute approximate surface area is 261 Å². The van der Waals surface area contributed by atoms with Crippen molar-refractivity contribution < 1.29 is 34.6 Å². The van der Waals surface area contributed by atoms with Crippen molar-refractivity contribution in [1.82, 2.24) is 5.32 Å². The third-order valence-electron chi connectivity index (χ3n) is 6.03. The van der Waals surface area contributed by atoms with Gasteiger partial charge in [0.05, 0.1) is 33.4 Å². The summed E-state index contributed by atoms with van der Waals surface area (Å²) in [5, 5.41) is 26.7. The van der Waals surface area contributed by atoms with Crippen molar-refractivity contribution in [1.29, 1.82) is 0 Å². The van der Waals surface area contributed by atoms with Crippen LogP contribution < -0.4 is 25.2 Å². The number of carbonyl (C=O) groups is 2. The quantitative estimate of drug-likeness (QED) is 0.222. The van der Waals surface area contributed by atoms with Gasteiger partial charge in [0.25, 0.3) is 0 Å². The molecule has 0 unspecified atom stereocenters. The number of carbonyl (C=O) groups excluding carboxylic acids is 2. The number of ether oxygens (including phenoxy) is 2. The number of ketones is 2. The summed E-state index contributed by atoms with van der Waals surface area (Å²) >= 11 is 0. The molecule has 0 fully saturated rings. The van der Waals surface area contributed by atoms with Crippen LogP contribution in [0.25, 0.3) is 0 Å². The smallest absolute Gasteiger partial charge is 0.196 e. The van der Waals surface area contributed by atoms with Crippen molar-refractivity contribution in [3.63, 3.8) is 0 Å². The fourth-order valence-corrected chi connectivity index (χ4v) is 3.68. The van der Waals surface area contributed by atoms with Crippen LogP contribution in [0.5, 0.6) is 23.0 Å². The van der Waals surface area contributed by atoms with E-state index < -0.39 is 0 Å². The highest BCUT2D eigenvalue weighted by Crippen LogP contribution is 2.26. The van der Waals surface area contributed by atoms with Crippen LogP contribution in [0.2, 0.25) is 0 Å². The second kappa shape index (κ2) is 22.0. The number of quaternary nitrogens is 1. The predicted molar refractivity (Wildman–Crippen MR) is 174 cm³/mol. The molecule has 0 heterocycles. The largest absolute Gasteiger partial charge is 0.872 e. The molecule has 8 heteroatoms. The van der Waals surface area contributed by atoms with E-state index in [2.05, 4.69) is 31.5 Å². The molecule has 4 rings (SSSR count). The molecular weight excluding hydrogens is 556 g/mol. The first-order chi connectivity index (χ1) is 21.3. The summed E-state index contributed by atoms with van der Waals surface area (Å²) in [7, 11) is 7.04. The zero-order valence-electron chi connectivity index (χ0n) is 26.6. The zero-order valence-corrected chi connectivity index (χ0v) is 26.6. The second-order valence-corrected chi connectivity index (χ2v) is 9.44. The van der Waals surface area contributed by atoms with E-state index in [1.54, 1.807) is 66.7 Å². The van der Waals surface area contributed by atoms with Crippen LogP contribution in [-0.4, -0.2) is 58.1 Å². The van der Waals surface area contributed by atoms with Crippen molar-refractivity contribution in [2.45, 2.75) is 26.7 Å². The highest BCUT2D eigenvalue weighted by atomic mass is 16.5. The Bertz CT molecular complexity index is 1270. The molecule has 0 bridgehead atoms. The summed E-state index contributed by atoms with van der Waals surface area (Å²) in [5.74, 6) is 0.118. The number of aromatic hydroxyl groups is 1. The Balaban J connectivity index is 0.000000338. The molecule has 0 radical (unpaired) electrons. The van der Waals surface area contributed by atoms with E-state index in [1.807, 2.05) is 19.2 Å². The Morgan fingerprint density at radius 1 is 0.750 bits per heavy atom. The molecule has 0 saturated heterocycles. The second-order valence-electron chi connectivity index (χ2n) is 9.44. The molecule has 236 valence electrons. The zero-order chi connectivity index (χ0) is 32.7. The molecule has 0 aromatic heterocycles. The van der Waals surface area contributed by atoms with Gasteiger partial charge in [-0.1, -0.05) is 80.3 Å². The average Bonchev–Trinajstić information content (AvgIpc) is 3.06. The van der Waals surface area contributed by atoms with Gasteiger partial charge in [-0.15, -0.1) is 0 Å². The van der Waals surface area contributed by atoms with Crippen LogP contribution in [-0.2, 0) is 0 Å². The molecule has 0 amide bonds. The minimum Gasteiger partial charge on any atom is -0.872 e. The van der Waals surface area contributed by atoms with Gasteiger partial charge in [-0.2, -0.15) is 0 Å². The SMILES string of the molecule is CCCNC.CCC[NH2+]C.COc1ccc(C(=O)c2ccccc2)c(O)c1.COc1ccc(C(=O)c2ccccc2)c([O-])c1. The van der Waals surface area contributed by atoms with Crippen LogP contribution in [0.15, 0.2) is 97.1 Å². The number of methoxy groups -OCH3 is 2. The number of benzene rings is 4. The molecule has 0 aliphatic heterocycles. The maximum atomic E-state index is 12.1. The number of nitrogens with one attached hydrogen (secondary N) is 1. The van der Waals surface area contributed by atoms with Gasteiger partial charge in [0.15, 0.2) is 11.6 Å². The van der Waals surface area contributed by atoms with E-state index in [4.69, 9.17) is 9.47 Å². The maximum Gasteiger partial charge on any atom is 0.196 e. The van der Waals surface area contributed by atoms with E-state index in [1.165, 1.54) is 51.8 Å². The fourth-order valence-electron chi connectivity index (χ4n) is 3.68. The van der Waals surface area contributed by atoms with Gasteiger partial charge >= 0.3 is 0 Å². The van der Waals surface area contributed by atoms with E-state index in [0.717, 1.165) is 6.54 Å². The first kappa shape index (κ1) is 37.4. The van der Waals surface area contributed by atoms with Crippen LogP contribution in [0.1, 0.15) is 58.5 Å². The topological polar surface area (TPSA) is 125 Å². The van der Waals surface area contributed by atoms with E-state index in [9.17, 15) is 19.8 Å². The molecule has 4 aromatic carbocycles. The molecule has 4 aromatic rings. The molecule has 0 atom stereocenters. The van der Waals surface area contributed by atoms with Crippen LogP contribution >= 0.6 is 0 Å². The number of hydrogen-bond acceptors (Lipinski definition) is 7. The van der Waals surface area contributed by atoms with Crippen LogP contribution in [0.3, 0.4) is 0 Å². The predicted octanol–water partition coefficient (Wildman–Crippen LogP) is 4.84. The first-order valence-electron chi connectivity index (χ1n) is 14.6. The van der Waals surface area contributed by atoms with Gasteiger partial charge < -0.3 is 30.3 Å². The summed E-state index contributed by atoms with van der Waals surface area (Å²) in [6, 6.07) is 26.6. The maximum absolute atomic E-state index is 12.1. The minimum atomic E-state index is -0.321. The van der Waals surface area contributed by atoms with Gasteiger partial charge in [0.1, 0.15) is 17.2 Å². The fraction of sp³-hybridized carbons (Fsp3) is 0.278.